The molecule has 10 heteroatoms. The smallest absolute Gasteiger partial charge is 0.262 e. The van der Waals surface area contributed by atoms with Crippen LogP contribution in [0.2, 0.25) is 0 Å². The summed E-state index contributed by atoms with van der Waals surface area (Å²) in [5.41, 5.74) is 1.49. The first-order valence-electron chi connectivity index (χ1n) is 14.9. The van der Waals surface area contributed by atoms with Crippen LogP contribution < -0.4 is 14.2 Å². The zero-order chi connectivity index (χ0) is 32.0. The molecular formula is C35H39N3O6S. The highest BCUT2D eigenvalue weighted by Gasteiger charge is 2.35. The maximum absolute atomic E-state index is 13.8. The van der Waals surface area contributed by atoms with E-state index in [0.717, 1.165) is 17.1 Å². The van der Waals surface area contributed by atoms with Crippen molar-refractivity contribution in [3.05, 3.63) is 114 Å². The minimum atomic E-state index is -3.95. The molecule has 0 aliphatic carbocycles. The number of nitrogens with zero attached hydrogens (tertiary/aromatic N) is 2. The maximum atomic E-state index is 13.8. The molecule has 0 saturated carbocycles. The second kappa shape index (κ2) is 14.2. The molecule has 0 spiro atoms. The van der Waals surface area contributed by atoms with E-state index >= 15 is 0 Å². The van der Waals surface area contributed by atoms with Crippen LogP contribution in [0.3, 0.4) is 0 Å². The number of benzene rings is 4. The second-order valence-corrected chi connectivity index (χ2v) is 13.2. The Morgan fingerprint density at radius 3 is 2.27 bits per heavy atom. The molecule has 0 unspecified atom stereocenters. The van der Waals surface area contributed by atoms with Crippen LogP contribution in [0.15, 0.2) is 108 Å². The summed E-state index contributed by atoms with van der Waals surface area (Å²) in [7, 11) is -1.96. The number of rotatable bonds is 11. The largest absolute Gasteiger partial charge is 0.486 e. The van der Waals surface area contributed by atoms with Gasteiger partial charge in [-0.3, -0.25) is 14.4 Å². The van der Waals surface area contributed by atoms with Crippen LogP contribution in [0.1, 0.15) is 29.8 Å². The minimum Gasteiger partial charge on any atom is -0.486 e. The van der Waals surface area contributed by atoms with Crippen LogP contribution in [0.25, 0.3) is 0 Å². The molecule has 1 heterocycles. The number of hydrogen-bond donors (Lipinski definition) is 2. The molecule has 0 aromatic heterocycles. The molecular weight excluding hydrogens is 590 g/mol. The molecule has 4 aromatic rings. The van der Waals surface area contributed by atoms with Gasteiger partial charge in [0, 0.05) is 25.6 Å². The van der Waals surface area contributed by atoms with Gasteiger partial charge in [-0.15, -0.1) is 0 Å². The first-order valence-corrected chi connectivity index (χ1v) is 16.4. The molecule has 0 saturated heterocycles. The lowest BCUT2D eigenvalue weighted by Gasteiger charge is -2.38. The number of amides is 1. The van der Waals surface area contributed by atoms with E-state index in [1.807, 2.05) is 68.6 Å². The molecule has 45 heavy (non-hydrogen) atoms. The zero-order valence-electron chi connectivity index (χ0n) is 25.7. The van der Waals surface area contributed by atoms with Gasteiger partial charge >= 0.3 is 0 Å². The molecule has 5 rings (SSSR count). The maximum Gasteiger partial charge on any atom is 0.262 e. The third-order valence-electron chi connectivity index (χ3n) is 7.84. The fourth-order valence-electron chi connectivity index (χ4n) is 5.32. The van der Waals surface area contributed by atoms with Crippen molar-refractivity contribution in [2.45, 2.75) is 37.4 Å². The normalized spacial score (nSPS) is 17.5. The summed E-state index contributed by atoms with van der Waals surface area (Å²) in [6.07, 6.45) is -0.404. The lowest BCUT2D eigenvalue weighted by atomic mass is 9.99. The van der Waals surface area contributed by atoms with Gasteiger partial charge in [-0.05, 0) is 68.1 Å². The van der Waals surface area contributed by atoms with Crippen molar-refractivity contribution in [1.29, 1.82) is 0 Å². The first kappa shape index (κ1) is 32.0. The van der Waals surface area contributed by atoms with Gasteiger partial charge in [-0.2, -0.15) is 0 Å². The van der Waals surface area contributed by atoms with Gasteiger partial charge in [0.1, 0.15) is 17.6 Å². The molecule has 0 radical (unpaired) electrons. The number of nitrogens with one attached hydrogen (secondary N) is 1. The van der Waals surface area contributed by atoms with E-state index in [1.54, 1.807) is 48.2 Å². The van der Waals surface area contributed by atoms with Gasteiger partial charge in [0.2, 0.25) is 0 Å². The first-order chi connectivity index (χ1) is 21.6. The monoisotopic (exact) mass is 629 g/mol. The Morgan fingerprint density at radius 2 is 1.60 bits per heavy atom. The number of aliphatic hydroxyl groups excluding tert-OH is 1. The van der Waals surface area contributed by atoms with Crippen LogP contribution >= 0.6 is 0 Å². The van der Waals surface area contributed by atoms with Gasteiger partial charge in [0.15, 0.2) is 5.75 Å². The van der Waals surface area contributed by atoms with E-state index in [2.05, 4.69) is 9.62 Å². The van der Waals surface area contributed by atoms with Crippen molar-refractivity contribution in [2.24, 2.45) is 5.92 Å². The summed E-state index contributed by atoms with van der Waals surface area (Å²) in [5, 5.41) is 9.98. The Bertz CT molecular complexity index is 1680. The summed E-state index contributed by atoms with van der Waals surface area (Å²) in [4.78, 5) is 17.6. The van der Waals surface area contributed by atoms with Crippen LogP contribution in [0, 0.1) is 5.92 Å². The van der Waals surface area contributed by atoms with Crippen LogP contribution in [0.5, 0.6) is 17.2 Å². The molecule has 2 N–H and O–H groups in total. The molecule has 0 bridgehead atoms. The standard InChI is InChI=1S/C35H39N3O6S/c1-25-21-38(26(2)24-39)35(40)31-15-10-16-32(36-45(41,42)30-13-8-5-9-14-30)34(31)44-33(25)23-37(3)22-27-17-19-29(20-18-27)43-28-11-6-4-7-12-28/h4-20,25-26,33,36,39H,21-24H2,1-3H3/t25-,26-,33-/m1/s1. The van der Waals surface area contributed by atoms with Gasteiger partial charge in [0.05, 0.1) is 28.8 Å². The van der Waals surface area contributed by atoms with Crippen LogP contribution in [-0.2, 0) is 16.6 Å². The van der Waals surface area contributed by atoms with E-state index in [1.165, 1.54) is 12.1 Å². The number of para-hydroxylation sites is 2. The van der Waals surface area contributed by atoms with E-state index < -0.39 is 22.2 Å². The molecule has 236 valence electrons. The number of aliphatic hydroxyl groups is 1. The lowest BCUT2D eigenvalue weighted by molar-refractivity contribution is 0.0344. The SMILES string of the molecule is C[C@@H]1CN([C@H](C)CO)C(=O)c2cccc(NS(=O)(=O)c3ccccc3)c2O[C@@H]1CN(C)Cc1ccc(Oc2ccccc2)cc1. The average Bonchev–Trinajstić information content (AvgIpc) is 3.04. The van der Waals surface area contributed by atoms with Crippen molar-refractivity contribution in [2.75, 3.05) is 31.5 Å². The highest BCUT2D eigenvalue weighted by Crippen LogP contribution is 2.36. The highest BCUT2D eigenvalue weighted by atomic mass is 32.2. The van der Waals surface area contributed by atoms with E-state index in [4.69, 9.17) is 9.47 Å². The zero-order valence-corrected chi connectivity index (χ0v) is 26.5. The van der Waals surface area contributed by atoms with Crippen molar-refractivity contribution in [1.82, 2.24) is 9.80 Å². The Balaban J connectivity index is 1.39. The minimum absolute atomic E-state index is 0.0974. The number of ether oxygens (including phenoxy) is 2. The van der Waals surface area contributed by atoms with E-state index in [9.17, 15) is 18.3 Å². The summed E-state index contributed by atoms with van der Waals surface area (Å²) >= 11 is 0. The van der Waals surface area contributed by atoms with Crippen molar-refractivity contribution in [3.8, 4) is 17.2 Å². The summed E-state index contributed by atoms with van der Waals surface area (Å²) in [6, 6.07) is 30.0. The van der Waals surface area contributed by atoms with Crippen molar-refractivity contribution >= 4 is 21.6 Å². The van der Waals surface area contributed by atoms with Crippen molar-refractivity contribution < 1.29 is 27.8 Å². The number of carbonyl (C=O) groups excluding carboxylic acids is 1. The van der Waals surface area contributed by atoms with Gasteiger partial charge in [-0.25, -0.2) is 8.42 Å². The Hall–Kier alpha value is -4.38. The second-order valence-electron chi connectivity index (χ2n) is 11.5. The topological polar surface area (TPSA) is 108 Å². The van der Waals surface area contributed by atoms with Gasteiger partial charge in [0.25, 0.3) is 15.9 Å². The van der Waals surface area contributed by atoms with Crippen molar-refractivity contribution in [3.63, 3.8) is 0 Å². The number of fused-ring (bicyclic) bond motifs is 1. The van der Waals surface area contributed by atoms with Crippen LogP contribution in [0.4, 0.5) is 5.69 Å². The number of likely N-dealkylation sites (N-methyl/N-ethyl adjacent to an activating group) is 1. The summed E-state index contributed by atoms with van der Waals surface area (Å²) in [5.74, 6) is 1.22. The van der Waals surface area contributed by atoms with Crippen LogP contribution in [-0.4, -0.2) is 68.1 Å². The average molecular weight is 630 g/mol. The fourth-order valence-corrected chi connectivity index (χ4v) is 6.40. The van der Waals surface area contributed by atoms with Gasteiger partial charge in [-0.1, -0.05) is 61.5 Å². The number of carbonyl (C=O) groups is 1. The molecule has 0 fully saturated rings. The molecule has 9 nitrogen and oxygen atoms in total. The predicted molar refractivity (Wildman–Crippen MR) is 174 cm³/mol. The number of anilines is 1. The Morgan fingerprint density at radius 1 is 0.956 bits per heavy atom. The Kier molecular flexibility index (Phi) is 10.1. The molecule has 4 aromatic carbocycles. The highest BCUT2D eigenvalue weighted by molar-refractivity contribution is 7.92. The summed E-state index contributed by atoms with van der Waals surface area (Å²) in [6.45, 7) is 5.08. The van der Waals surface area contributed by atoms with Gasteiger partial charge < -0.3 is 19.5 Å². The third kappa shape index (κ3) is 7.83. The third-order valence-corrected chi connectivity index (χ3v) is 9.22. The molecule has 1 aliphatic rings. The number of hydrogen-bond acceptors (Lipinski definition) is 7. The number of sulfonamides is 1. The molecule has 3 atom stereocenters. The lowest BCUT2D eigenvalue weighted by Crippen LogP contribution is -2.49. The Labute approximate surface area is 265 Å². The van der Waals surface area contributed by atoms with E-state index in [0.29, 0.717) is 19.6 Å². The molecule has 1 amide bonds. The molecule has 1 aliphatic heterocycles. The fraction of sp³-hybridized carbons (Fsp3) is 0.286. The van der Waals surface area contributed by atoms with E-state index in [-0.39, 0.29) is 40.3 Å². The quantitative estimate of drug-likeness (QED) is 0.221. The predicted octanol–water partition coefficient (Wildman–Crippen LogP) is 5.63. The summed E-state index contributed by atoms with van der Waals surface area (Å²) < 4.78 is 41.7.